The Kier molecular flexibility index (Phi) is 5.98. The first-order chi connectivity index (χ1) is 8.58. The molecule has 0 saturated carbocycles. The first-order valence-corrected chi connectivity index (χ1v) is 6.91. The molecule has 0 aliphatic rings. The number of carbonyl (C=O) groups is 1. The van der Waals surface area contributed by atoms with Crippen molar-refractivity contribution in [3.8, 4) is 11.5 Å². The average Bonchev–Trinajstić information content (AvgIpc) is 2.37. The van der Waals surface area contributed by atoms with Crippen LogP contribution in [0.4, 0.5) is 0 Å². The zero-order chi connectivity index (χ0) is 13.5. The van der Waals surface area contributed by atoms with E-state index in [1.807, 2.05) is 0 Å². The van der Waals surface area contributed by atoms with Gasteiger partial charge in [-0.25, -0.2) is 0 Å². The summed E-state index contributed by atoms with van der Waals surface area (Å²) >= 11 is 3.36. The summed E-state index contributed by atoms with van der Waals surface area (Å²) in [5.41, 5.74) is 0.236. The van der Waals surface area contributed by atoms with E-state index in [0.717, 1.165) is 11.8 Å². The van der Waals surface area contributed by atoms with Gasteiger partial charge < -0.3 is 15.2 Å². The monoisotopic (exact) mass is 315 g/mol. The minimum Gasteiger partial charge on any atom is -0.507 e. The Bertz CT molecular complexity index is 409. The summed E-state index contributed by atoms with van der Waals surface area (Å²) in [6.07, 6.45) is 0.990. The average molecular weight is 316 g/mol. The highest BCUT2D eigenvalue weighted by Crippen LogP contribution is 2.22. The van der Waals surface area contributed by atoms with Gasteiger partial charge in [-0.1, -0.05) is 22.9 Å². The molecule has 0 bridgehead atoms. The number of rotatable bonds is 6. The molecule has 2 N–H and O–H groups in total. The first kappa shape index (κ1) is 14.8. The van der Waals surface area contributed by atoms with Gasteiger partial charge in [0.05, 0.1) is 12.7 Å². The smallest absolute Gasteiger partial charge is 0.255 e. The van der Waals surface area contributed by atoms with Gasteiger partial charge in [0.1, 0.15) is 11.5 Å². The van der Waals surface area contributed by atoms with Crippen LogP contribution in [0.5, 0.6) is 11.5 Å². The van der Waals surface area contributed by atoms with Gasteiger partial charge in [-0.15, -0.1) is 0 Å². The topological polar surface area (TPSA) is 58.6 Å². The van der Waals surface area contributed by atoms with E-state index >= 15 is 0 Å². The number of carbonyl (C=O) groups excluding carboxylic acids is 1. The van der Waals surface area contributed by atoms with Crippen molar-refractivity contribution in [3.63, 3.8) is 0 Å². The van der Waals surface area contributed by atoms with E-state index in [4.69, 9.17) is 4.74 Å². The molecule has 0 aliphatic carbocycles. The van der Waals surface area contributed by atoms with Crippen molar-refractivity contribution in [1.29, 1.82) is 0 Å². The summed E-state index contributed by atoms with van der Waals surface area (Å²) in [5, 5.41) is 13.4. The zero-order valence-electron chi connectivity index (χ0n) is 10.6. The molecule has 4 nitrogen and oxygen atoms in total. The quantitative estimate of drug-likeness (QED) is 0.793. The predicted octanol–water partition coefficient (Wildman–Crippen LogP) is 2.55. The molecule has 0 aliphatic heterocycles. The number of nitrogens with one attached hydrogen (secondary N) is 1. The summed E-state index contributed by atoms with van der Waals surface area (Å²) in [5.74, 6) is 0.613. The molecule has 0 aromatic heterocycles. The fraction of sp³-hybridized carbons (Fsp3) is 0.462. The second kappa shape index (κ2) is 7.26. The number of ether oxygens (including phenoxy) is 1. The normalized spacial score (nSPS) is 11.9. The van der Waals surface area contributed by atoms with E-state index in [0.29, 0.717) is 18.2 Å². The van der Waals surface area contributed by atoms with Crippen LogP contribution in [0, 0.1) is 5.92 Å². The van der Waals surface area contributed by atoms with Crippen LogP contribution >= 0.6 is 15.9 Å². The summed E-state index contributed by atoms with van der Waals surface area (Å²) in [6.45, 7) is 2.65. The van der Waals surface area contributed by atoms with Gasteiger partial charge in [-0.2, -0.15) is 0 Å². The molecule has 18 heavy (non-hydrogen) atoms. The van der Waals surface area contributed by atoms with Crippen molar-refractivity contribution < 1.29 is 14.6 Å². The molecule has 0 fully saturated rings. The Balaban J connectivity index is 2.66. The lowest BCUT2D eigenvalue weighted by Crippen LogP contribution is -2.28. The fourth-order valence-corrected chi connectivity index (χ4v) is 2.26. The number of hydrogen-bond acceptors (Lipinski definition) is 3. The van der Waals surface area contributed by atoms with Gasteiger partial charge in [-0.05, 0) is 30.5 Å². The van der Waals surface area contributed by atoms with Gasteiger partial charge >= 0.3 is 0 Å². The summed E-state index contributed by atoms with van der Waals surface area (Å²) < 4.78 is 5.03. The summed E-state index contributed by atoms with van der Waals surface area (Å²) in [7, 11) is 1.52. The lowest BCUT2D eigenvalue weighted by molar-refractivity contribution is 0.0945. The van der Waals surface area contributed by atoms with E-state index in [9.17, 15) is 9.90 Å². The number of phenolic OH excluding ortho intramolecular Hbond substituents is 1. The van der Waals surface area contributed by atoms with E-state index < -0.39 is 0 Å². The minimum absolute atomic E-state index is 0.0403. The maximum atomic E-state index is 11.9. The molecule has 1 aromatic rings. The van der Waals surface area contributed by atoms with Gasteiger partial charge in [0.25, 0.3) is 5.91 Å². The summed E-state index contributed by atoms with van der Waals surface area (Å²) in [6, 6.07) is 4.59. The second-order valence-corrected chi connectivity index (χ2v) is 4.97. The first-order valence-electron chi connectivity index (χ1n) is 5.79. The number of methoxy groups -OCH3 is 1. The number of alkyl halides is 1. The molecule has 0 spiro atoms. The van der Waals surface area contributed by atoms with Gasteiger partial charge in [-0.3, -0.25) is 4.79 Å². The highest BCUT2D eigenvalue weighted by Gasteiger charge is 2.13. The van der Waals surface area contributed by atoms with Gasteiger partial charge in [0.15, 0.2) is 0 Å². The Hall–Kier alpha value is -1.23. The third kappa shape index (κ3) is 4.22. The van der Waals surface area contributed by atoms with Gasteiger partial charge in [0.2, 0.25) is 0 Å². The van der Waals surface area contributed by atoms with Crippen molar-refractivity contribution in [2.45, 2.75) is 13.3 Å². The van der Waals surface area contributed by atoms with Crippen molar-refractivity contribution in [1.82, 2.24) is 5.32 Å². The number of amides is 1. The Morgan fingerprint density at radius 2 is 2.28 bits per heavy atom. The number of benzene rings is 1. The van der Waals surface area contributed by atoms with E-state index in [2.05, 4.69) is 28.2 Å². The number of hydrogen-bond donors (Lipinski definition) is 2. The largest absolute Gasteiger partial charge is 0.507 e. The number of halogens is 1. The molecule has 1 rings (SSSR count). The van der Waals surface area contributed by atoms with Crippen LogP contribution in [-0.4, -0.2) is 30.0 Å². The van der Waals surface area contributed by atoms with Gasteiger partial charge in [0, 0.05) is 11.9 Å². The van der Waals surface area contributed by atoms with Crippen LogP contribution in [0.3, 0.4) is 0 Å². The molecule has 1 amide bonds. The molecule has 5 heteroatoms. The molecule has 1 unspecified atom stereocenters. The van der Waals surface area contributed by atoms with Crippen LogP contribution in [0.15, 0.2) is 18.2 Å². The molecule has 0 heterocycles. The molecule has 1 aromatic carbocycles. The zero-order valence-corrected chi connectivity index (χ0v) is 12.2. The molecular formula is C13H18BrNO3. The van der Waals surface area contributed by atoms with Crippen molar-refractivity contribution in [2.24, 2.45) is 5.92 Å². The predicted molar refractivity (Wildman–Crippen MR) is 74.6 cm³/mol. The standard InChI is InChI=1S/C13H18BrNO3/c1-9(5-6-14)8-15-13(17)11-7-10(18-2)3-4-12(11)16/h3-4,7,9,16H,5-6,8H2,1-2H3,(H,15,17). The Morgan fingerprint density at radius 1 is 1.56 bits per heavy atom. The van der Waals surface area contributed by atoms with E-state index in [-0.39, 0.29) is 17.2 Å². The molecule has 100 valence electrons. The molecular weight excluding hydrogens is 298 g/mol. The molecule has 0 saturated heterocycles. The number of phenols is 1. The molecule has 0 radical (unpaired) electrons. The highest BCUT2D eigenvalue weighted by atomic mass is 79.9. The third-order valence-corrected chi connectivity index (χ3v) is 3.12. The van der Waals surface area contributed by atoms with Crippen molar-refractivity contribution >= 4 is 21.8 Å². The second-order valence-electron chi connectivity index (χ2n) is 4.18. The van der Waals surface area contributed by atoms with E-state index in [1.165, 1.54) is 19.2 Å². The van der Waals surface area contributed by atoms with Crippen molar-refractivity contribution in [3.05, 3.63) is 23.8 Å². The summed E-state index contributed by atoms with van der Waals surface area (Å²) in [4.78, 5) is 11.9. The fourth-order valence-electron chi connectivity index (χ4n) is 1.47. The van der Waals surface area contributed by atoms with Crippen molar-refractivity contribution in [2.75, 3.05) is 19.0 Å². The van der Waals surface area contributed by atoms with E-state index in [1.54, 1.807) is 6.07 Å². The van der Waals surface area contributed by atoms with Crippen LogP contribution in [0.2, 0.25) is 0 Å². The molecule has 1 atom stereocenters. The minimum atomic E-state index is -0.284. The lowest BCUT2D eigenvalue weighted by Gasteiger charge is -2.12. The maximum Gasteiger partial charge on any atom is 0.255 e. The van der Waals surface area contributed by atoms with Crippen LogP contribution < -0.4 is 10.1 Å². The van der Waals surface area contributed by atoms with Crippen LogP contribution in [0.25, 0.3) is 0 Å². The number of aromatic hydroxyl groups is 1. The Morgan fingerprint density at radius 3 is 2.89 bits per heavy atom. The third-order valence-electron chi connectivity index (χ3n) is 2.66. The van der Waals surface area contributed by atoms with Crippen LogP contribution in [-0.2, 0) is 0 Å². The lowest BCUT2D eigenvalue weighted by atomic mass is 10.1. The highest BCUT2D eigenvalue weighted by molar-refractivity contribution is 9.09. The van der Waals surface area contributed by atoms with Crippen LogP contribution in [0.1, 0.15) is 23.7 Å². The maximum absolute atomic E-state index is 11.9. The SMILES string of the molecule is COc1ccc(O)c(C(=O)NCC(C)CCBr)c1. The Labute approximate surface area is 115 Å².